The molecule has 6 nitrogen and oxygen atoms in total. The summed E-state index contributed by atoms with van der Waals surface area (Å²) in [6, 6.07) is 14.7. The molecule has 4 N–H and O–H groups in total. The van der Waals surface area contributed by atoms with E-state index in [1.54, 1.807) is 0 Å². The highest BCUT2D eigenvalue weighted by Gasteiger charge is 2.28. The fraction of sp³-hybridized carbons (Fsp3) is 0.294. The van der Waals surface area contributed by atoms with Crippen molar-refractivity contribution in [3.8, 4) is 0 Å². The first-order valence-corrected chi connectivity index (χ1v) is 9.32. The Morgan fingerprint density at radius 3 is 2.17 bits per heavy atom. The third-order valence-corrected chi connectivity index (χ3v) is 6.17. The lowest BCUT2D eigenvalue weighted by atomic mass is 10.2. The molecule has 128 valence electrons. The molecule has 0 radical (unpaired) electrons. The maximum absolute atomic E-state index is 12.7. The normalized spacial score (nSPS) is 17.0. The molecule has 1 aliphatic heterocycles. The second-order valence-corrected chi connectivity index (χ2v) is 7.89. The van der Waals surface area contributed by atoms with Gasteiger partial charge in [-0.15, -0.1) is 0 Å². The van der Waals surface area contributed by atoms with Gasteiger partial charge in [-0.05, 0) is 23.8 Å². The second kappa shape index (κ2) is 6.80. The Kier molecular flexibility index (Phi) is 4.75. The van der Waals surface area contributed by atoms with Crippen LogP contribution in [0.3, 0.4) is 0 Å². The van der Waals surface area contributed by atoms with Crippen molar-refractivity contribution < 1.29 is 8.42 Å². The summed E-state index contributed by atoms with van der Waals surface area (Å²) in [4.78, 5) is 2.46. The van der Waals surface area contributed by atoms with E-state index in [1.807, 2.05) is 18.2 Å². The molecule has 7 heteroatoms. The van der Waals surface area contributed by atoms with E-state index >= 15 is 0 Å². The van der Waals surface area contributed by atoms with Crippen LogP contribution >= 0.6 is 0 Å². The molecule has 0 atom stereocenters. The van der Waals surface area contributed by atoms with E-state index in [9.17, 15) is 8.42 Å². The summed E-state index contributed by atoms with van der Waals surface area (Å²) in [5.74, 6) is 0. The molecule has 1 fully saturated rings. The standard InChI is InChI=1S/C17H22N4O2S/c18-16-7-6-15(12-17(16)19)24(22,23)21-10-8-20(9-11-21)13-14-4-2-1-3-5-14/h1-7,12H,8-11,13,18-19H2. The maximum Gasteiger partial charge on any atom is 0.243 e. The van der Waals surface area contributed by atoms with Gasteiger partial charge in [-0.1, -0.05) is 30.3 Å². The van der Waals surface area contributed by atoms with Gasteiger partial charge in [0.05, 0.1) is 16.3 Å². The summed E-state index contributed by atoms with van der Waals surface area (Å²) in [6.07, 6.45) is 0. The Bertz CT molecular complexity index is 801. The van der Waals surface area contributed by atoms with Gasteiger partial charge in [-0.2, -0.15) is 4.31 Å². The topological polar surface area (TPSA) is 92.7 Å². The van der Waals surface area contributed by atoms with Gasteiger partial charge in [0.1, 0.15) is 0 Å². The van der Waals surface area contributed by atoms with Crippen molar-refractivity contribution in [2.45, 2.75) is 11.4 Å². The molecule has 1 saturated heterocycles. The minimum Gasteiger partial charge on any atom is -0.397 e. The van der Waals surface area contributed by atoms with E-state index in [-0.39, 0.29) is 4.90 Å². The number of nitrogens with two attached hydrogens (primary N) is 2. The summed E-state index contributed by atoms with van der Waals surface area (Å²) in [5, 5.41) is 0. The number of nitrogen functional groups attached to an aromatic ring is 2. The van der Waals surface area contributed by atoms with Crippen molar-refractivity contribution in [3.63, 3.8) is 0 Å². The fourth-order valence-electron chi connectivity index (χ4n) is 2.83. The molecule has 1 heterocycles. The molecule has 0 saturated carbocycles. The third kappa shape index (κ3) is 3.53. The first kappa shape index (κ1) is 16.8. The lowest BCUT2D eigenvalue weighted by Gasteiger charge is -2.34. The predicted octanol–water partition coefficient (Wildman–Crippen LogP) is 1.36. The summed E-state index contributed by atoms with van der Waals surface area (Å²) >= 11 is 0. The number of hydrogen-bond acceptors (Lipinski definition) is 5. The van der Waals surface area contributed by atoms with Crippen molar-refractivity contribution in [3.05, 3.63) is 54.1 Å². The van der Waals surface area contributed by atoms with Gasteiger partial charge in [0.2, 0.25) is 10.0 Å². The monoisotopic (exact) mass is 346 g/mol. The molecule has 0 unspecified atom stereocenters. The molecule has 0 aliphatic carbocycles. The number of piperazine rings is 1. The number of benzene rings is 2. The van der Waals surface area contributed by atoms with E-state index in [0.29, 0.717) is 37.6 Å². The van der Waals surface area contributed by atoms with E-state index in [4.69, 9.17) is 11.5 Å². The van der Waals surface area contributed by atoms with Crippen molar-refractivity contribution in [1.82, 2.24) is 9.21 Å². The quantitative estimate of drug-likeness (QED) is 0.816. The zero-order valence-corrected chi connectivity index (χ0v) is 14.2. The Morgan fingerprint density at radius 1 is 0.875 bits per heavy atom. The lowest BCUT2D eigenvalue weighted by molar-refractivity contribution is 0.181. The van der Waals surface area contributed by atoms with Crippen LogP contribution < -0.4 is 11.5 Å². The molecule has 0 bridgehead atoms. The summed E-state index contributed by atoms with van der Waals surface area (Å²) < 4.78 is 27.0. The third-order valence-electron chi connectivity index (χ3n) is 4.28. The van der Waals surface area contributed by atoms with Gasteiger partial charge in [0.25, 0.3) is 0 Å². The van der Waals surface area contributed by atoms with Crippen LogP contribution in [-0.2, 0) is 16.6 Å². The Morgan fingerprint density at radius 2 is 1.54 bits per heavy atom. The molecule has 1 aliphatic rings. The van der Waals surface area contributed by atoms with Crippen LogP contribution in [0.2, 0.25) is 0 Å². The van der Waals surface area contributed by atoms with E-state index < -0.39 is 10.0 Å². The SMILES string of the molecule is Nc1ccc(S(=O)(=O)N2CCN(Cc3ccccc3)CC2)cc1N. The smallest absolute Gasteiger partial charge is 0.243 e. The first-order valence-electron chi connectivity index (χ1n) is 7.88. The van der Waals surface area contributed by atoms with Gasteiger partial charge in [0.15, 0.2) is 0 Å². The van der Waals surface area contributed by atoms with E-state index in [0.717, 1.165) is 6.54 Å². The Hall–Kier alpha value is -2.09. The summed E-state index contributed by atoms with van der Waals surface area (Å²) in [6.45, 7) is 3.19. The van der Waals surface area contributed by atoms with E-state index in [1.165, 1.54) is 28.1 Å². The van der Waals surface area contributed by atoms with Crippen LogP contribution in [0.5, 0.6) is 0 Å². The van der Waals surface area contributed by atoms with Gasteiger partial charge in [0, 0.05) is 32.7 Å². The molecule has 2 aromatic rings. The Balaban J connectivity index is 1.66. The highest BCUT2D eigenvalue weighted by atomic mass is 32.2. The van der Waals surface area contributed by atoms with Crippen molar-refractivity contribution in [1.29, 1.82) is 0 Å². The minimum absolute atomic E-state index is 0.200. The summed E-state index contributed by atoms with van der Waals surface area (Å²) in [7, 11) is -3.53. The number of rotatable bonds is 4. The molecule has 0 amide bonds. The number of hydrogen-bond donors (Lipinski definition) is 2. The van der Waals surface area contributed by atoms with Crippen LogP contribution in [0.1, 0.15) is 5.56 Å². The highest BCUT2D eigenvalue weighted by molar-refractivity contribution is 7.89. The minimum atomic E-state index is -3.53. The van der Waals surface area contributed by atoms with Crippen LogP contribution in [0.4, 0.5) is 11.4 Å². The lowest BCUT2D eigenvalue weighted by Crippen LogP contribution is -2.48. The van der Waals surface area contributed by atoms with Crippen molar-refractivity contribution in [2.75, 3.05) is 37.6 Å². The maximum atomic E-state index is 12.7. The van der Waals surface area contributed by atoms with Gasteiger partial charge in [-0.3, -0.25) is 4.90 Å². The number of anilines is 2. The molecule has 24 heavy (non-hydrogen) atoms. The average molecular weight is 346 g/mol. The second-order valence-electron chi connectivity index (χ2n) is 5.96. The molecule has 0 spiro atoms. The summed E-state index contributed by atoms with van der Waals surface area (Å²) in [5.41, 5.74) is 13.3. The van der Waals surface area contributed by atoms with Crippen molar-refractivity contribution in [2.24, 2.45) is 0 Å². The van der Waals surface area contributed by atoms with Crippen LogP contribution in [0.25, 0.3) is 0 Å². The zero-order valence-electron chi connectivity index (χ0n) is 13.4. The van der Waals surface area contributed by atoms with Crippen LogP contribution in [-0.4, -0.2) is 43.8 Å². The van der Waals surface area contributed by atoms with Crippen LogP contribution in [0.15, 0.2) is 53.4 Å². The highest BCUT2D eigenvalue weighted by Crippen LogP contribution is 2.23. The van der Waals surface area contributed by atoms with E-state index in [2.05, 4.69) is 17.0 Å². The molecular weight excluding hydrogens is 324 g/mol. The van der Waals surface area contributed by atoms with Gasteiger partial charge in [-0.25, -0.2) is 8.42 Å². The molecule has 3 rings (SSSR count). The zero-order chi connectivity index (χ0) is 17.2. The van der Waals surface area contributed by atoms with Gasteiger partial charge >= 0.3 is 0 Å². The van der Waals surface area contributed by atoms with Crippen LogP contribution in [0, 0.1) is 0 Å². The van der Waals surface area contributed by atoms with Gasteiger partial charge < -0.3 is 11.5 Å². The number of nitrogens with zero attached hydrogens (tertiary/aromatic N) is 2. The molecular formula is C17H22N4O2S. The first-order chi connectivity index (χ1) is 11.5. The average Bonchev–Trinajstić information content (AvgIpc) is 2.58. The fourth-order valence-corrected chi connectivity index (χ4v) is 4.29. The molecule has 0 aromatic heterocycles. The Labute approximate surface area is 142 Å². The largest absolute Gasteiger partial charge is 0.397 e. The predicted molar refractivity (Wildman–Crippen MR) is 95.7 cm³/mol. The molecule has 2 aromatic carbocycles. The number of sulfonamides is 1. The van der Waals surface area contributed by atoms with Crippen molar-refractivity contribution >= 4 is 21.4 Å².